The summed E-state index contributed by atoms with van der Waals surface area (Å²) in [5.74, 6) is 0.990. The molecule has 2 aromatic heterocycles. The normalized spacial score (nSPS) is 23.4. The minimum Gasteiger partial charge on any atom is -0.379 e. The fourth-order valence-corrected chi connectivity index (χ4v) is 4.64. The molecule has 2 aliphatic rings. The lowest BCUT2D eigenvalue weighted by atomic mass is 9.87. The van der Waals surface area contributed by atoms with Crippen LogP contribution in [0.5, 0.6) is 0 Å². The average Bonchev–Trinajstić information content (AvgIpc) is 3.44. The molecule has 2 fully saturated rings. The van der Waals surface area contributed by atoms with Gasteiger partial charge in [0.25, 0.3) is 0 Å². The molecule has 1 N–H and O–H groups in total. The molecule has 1 saturated carbocycles. The van der Waals surface area contributed by atoms with Crippen molar-refractivity contribution >= 4 is 5.95 Å². The van der Waals surface area contributed by atoms with Gasteiger partial charge in [-0.1, -0.05) is 6.92 Å². The SMILES string of the molecule is CC1CCC(Nc2nccc(-c3cn(C4CCOC4)c(=O)n3-c3ccc(F)cc3)n2)CC1. The molecule has 8 heteroatoms. The highest BCUT2D eigenvalue weighted by atomic mass is 19.1. The fraction of sp³-hybridized carbons (Fsp3) is 0.458. The van der Waals surface area contributed by atoms with E-state index in [2.05, 4.69) is 17.2 Å². The maximum absolute atomic E-state index is 13.5. The van der Waals surface area contributed by atoms with Crippen LogP contribution in [0.3, 0.4) is 0 Å². The molecule has 1 aliphatic carbocycles. The largest absolute Gasteiger partial charge is 0.379 e. The van der Waals surface area contributed by atoms with E-state index in [1.165, 1.54) is 25.0 Å². The molecule has 0 radical (unpaired) electrons. The van der Waals surface area contributed by atoms with Crippen LogP contribution in [0, 0.1) is 11.7 Å². The van der Waals surface area contributed by atoms with E-state index in [1.54, 1.807) is 33.5 Å². The number of hydrogen-bond donors (Lipinski definition) is 1. The zero-order valence-corrected chi connectivity index (χ0v) is 18.2. The molecule has 1 aliphatic heterocycles. The Bertz CT molecular complexity index is 1130. The van der Waals surface area contributed by atoms with Gasteiger partial charge in [0.1, 0.15) is 5.82 Å². The molecule has 168 valence electrons. The first kappa shape index (κ1) is 20.9. The predicted octanol–water partition coefficient (Wildman–Crippen LogP) is 4.19. The summed E-state index contributed by atoms with van der Waals surface area (Å²) in [5.41, 5.74) is 1.71. The standard InChI is InChI=1S/C24H28FN5O2/c1-16-2-6-18(7-3-16)27-23-26-12-10-21(28-23)22-14-29(20-11-13-32-15-20)24(31)30(22)19-8-4-17(25)5-9-19/h4-5,8-10,12,14,16,18,20H,2-3,6-7,11,13,15H2,1H3,(H,26,27,28). The van der Waals surface area contributed by atoms with Gasteiger partial charge in [0, 0.05) is 25.0 Å². The van der Waals surface area contributed by atoms with E-state index in [9.17, 15) is 9.18 Å². The summed E-state index contributed by atoms with van der Waals surface area (Å²) in [5, 5.41) is 3.47. The van der Waals surface area contributed by atoms with Crippen LogP contribution in [0.4, 0.5) is 10.3 Å². The van der Waals surface area contributed by atoms with Gasteiger partial charge in [-0.3, -0.25) is 9.13 Å². The second-order valence-corrected chi connectivity index (χ2v) is 8.90. The van der Waals surface area contributed by atoms with Crippen LogP contribution in [0.25, 0.3) is 17.1 Å². The highest BCUT2D eigenvalue weighted by Crippen LogP contribution is 2.27. The predicted molar refractivity (Wildman–Crippen MR) is 121 cm³/mol. The summed E-state index contributed by atoms with van der Waals surface area (Å²) in [6, 6.07) is 8.08. The third-order valence-corrected chi connectivity index (χ3v) is 6.57. The van der Waals surface area contributed by atoms with Gasteiger partial charge in [0.2, 0.25) is 5.95 Å². The number of nitrogens with one attached hydrogen (secondary N) is 1. The number of aromatic nitrogens is 4. The number of ether oxygens (including phenoxy) is 1. The Kier molecular flexibility index (Phi) is 5.78. The molecular weight excluding hydrogens is 409 g/mol. The van der Waals surface area contributed by atoms with Crippen LogP contribution >= 0.6 is 0 Å². The van der Waals surface area contributed by atoms with Crippen LogP contribution in [-0.2, 0) is 4.74 Å². The van der Waals surface area contributed by atoms with Crippen molar-refractivity contribution in [3.8, 4) is 17.1 Å². The summed E-state index contributed by atoms with van der Waals surface area (Å²) in [7, 11) is 0. The number of halogens is 1. The Labute approximate surface area is 186 Å². The summed E-state index contributed by atoms with van der Waals surface area (Å²) in [4.78, 5) is 22.5. The van der Waals surface area contributed by atoms with Gasteiger partial charge in [-0.05, 0) is 68.4 Å². The van der Waals surface area contributed by atoms with E-state index in [-0.39, 0.29) is 17.5 Å². The zero-order chi connectivity index (χ0) is 22.1. The third kappa shape index (κ3) is 4.19. The van der Waals surface area contributed by atoms with Gasteiger partial charge in [0.05, 0.1) is 29.7 Å². The minimum absolute atomic E-state index is 0.0217. The molecule has 5 rings (SSSR count). The Morgan fingerprint density at radius 2 is 1.88 bits per heavy atom. The van der Waals surface area contributed by atoms with Crippen molar-refractivity contribution in [3.05, 3.63) is 59.0 Å². The number of benzene rings is 1. The molecule has 0 amide bonds. The van der Waals surface area contributed by atoms with Crippen molar-refractivity contribution in [2.45, 2.75) is 51.1 Å². The van der Waals surface area contributed by atoms with Crippen molar-refractivity contribution in [2.75, 3.05) is 18.5 Å². The number of anilines is 1. The Balaban J connectivity index is 1.53. The van der Waals surface area contributed by atoms with E-state index in [1.807, 2.05) is 6.20 Å². The van der Waals surface area contributed by atoms with Gasteiger partial charge < -0.3 is 10.1 Å². The van der Waals surface area contributed by atoms with Crippen LogP contribution < -0.4 is 11.0 Å². The first-order chi connectivity index (χ1) is 15.6. The summed E-state index contributed by atoms with van der Waals surface area (Å²) >= 11 is 0. The van der Waals surface area contributed by atoms with Crippen molar-refractivity contribution in [2.24, 2.45) is 5.92 Å². The maximum atomic E-state index is 13.5. The van der Waals surface area contributed by atoms with Gasteiger partial charge >= 0.3 is 5.69 Å². The Hall–Kier alpha value is -3.00. The number of imidazole rings is 1. The molecule has 0 bridgehead atoms. The van der Waals surface area contributed by atoms with Gasteiger partial charge in [-0.2, -0.15) is 0 Å². The highest BCUT2D eigenvalue weighted by Gasteiger charge is 2.25. The molecule has 1 aromatic carbocycles. The zero-order valence-electron chi connectivity index (χ0n) is 18.2. The average molecular weight is 438 g/mol. The molecule has 0 spiro atoms. The number of nitrogens with zero attached hydrogens (tertiary/aromatic N) is 4. The molecule has 7 nitrogen and oxygen atoms in total. The van der Waals surface area contributed by atoms with Crippen LogP contribution in [0.1, 0.15) is 45.1 Å². The molecular formula is C24H28FN5O2. The quantitative estimate of drug-likeness (QED) is 0.648. The van der Waals surface area contributed by atoms with Crippen LogP contribution in [0.2, 0.25) is 0 Å². The Morgan fingerprint density at radius 1 is 1.09 bits per heavy atom. The smallest absolute Gasteiger partial charge is 0.333 e. The molecule has 1 atom stereocenters. The van der Waals surface area contributed by atoms with Gasteiger partial charge in [0.15, 0.2) is 0 Å². The van der Waals surface area contributed by atoms with Gasteiger partial charge in [-0.25, -0.2) is 19.2 Å². The van der Waals surface area contributed by atoms with E-state index in [0.717, 1.165) is 25.2 Å². The lowest BCUT2D eigenvalue weighted by Gasteiger charge is -2.26. The van der Waals surface area contributed by atoms with Crippen molar-refractivity contribution in [1.29, 1.82) is 0 Å². The van der Waals surface area contributed by atoms with Crippen LogP contribution in [0.15, 0.2) is 47.5 Å². The van der Waals surface area contributed by atoms with E-state index in [4.69, 9.17) is 9.72 Å². The van der Waals surface area contributed by atoms with Crippen molar-refractivity contribution < 1.29 is 9.13 Å². The van der Waals surface area contributed by atoms with E-state index in [0.29, 0.717) is 42.3 Å². The first-order valence-corrected chi connectivity index (χ1v) is 11.4. The van der Waals surface area contributed by atoms with E-state index < -0.39 is 0 Å². The van der Waals surface area contributed by atoms with Crippen molar-refractivity contribution in [3.63, 3.8) is 0 Å². The van der Waals surface area contributed by atoms with Gasteiger partial charge in [-0.15, -0.1) is 0 Å². The molecule has 1 saturated heterocycles. The lowest BCUT2D eigenvalue weighted by Crippen LogP contribution is -2.27. The first-order valence-electron chi connectivity index (χ1n) is 11.4. The van der Waals surface area contributed by atoms with E-state index >= 15 is 0 Å². The molecule has 1 unspecified atom stereocenters. The number of hydrogen-bond acceptors (Lipinski definition) is 5. The Morgan fingerprint density at radius 3 is 2.59 bits per heavy atom. The summed E-state index contributed by atoms with van der Waals surface area (Å²) < 4.78 is 22.3. The molecule has 3 aromatic rings. The van der Waals surface area contributed by atoms with Crippen molar-refractivity contribution in [1.82, 2.24) is 19.1 Å². The fourth-order valence-electron chi connectivity index (χ4n) is 4.64. The summed E-state index contributed by atoms with van der Waals surface area (Å²) in [6.07, 6.45) is 8.94. The number of rotatable bonds is 5. The minimum atomic E-state index is -0.345. The van der Waals surface area contributed by atoms with Crippen LogP contribution in [-0.4, -0.2) is 38.4 Å². The second kappa shape index (κ2) is 8.86. The molecule has 32 heavy (non-hydrogen) atoms. The molecule has 3 heterocycles. The topological polar surface area (TPSA) is 74.0 Å². The highest BCUT2D eigenvalue weighted by molar-refractivity contribution is 5.59. The maximum Gasteiger partial charge on any atom is 0.333 e. The lowest BCUT2D eigenvalue weighted by molar-refractivity contribution is 0.186. The monoisotopic (exact) mass is 437 g/mol. The summed E-state index contributed by atoms with van der Waals surface area (Å²) in [6.45, 7) is 3.43. The second-order valence-electron chi connectivity index (χ2n) is 8.90. The third-order valence-electron chi connectivity index (χ3n) is 6.57.